The van der Waals surface area contributed by atoms with Crippen LogP contribution in [0.3, 0.4) is 0 Å². The molecule has 0 atom stereocenters. The number of benzene rings is 2. The first kappa shape index (κ1) is 13.7. The molecule has 0 amide bonds. The first-order chi connectivity index (χ1) is 9.24. The molecule has 0 aliphatic rings. The van der Waals surface area contributed by atoms with Gasteiger partial charge in [0.25, 0.3) is 0 Å². The molecule has 1 N–H and O–H groups in total. The lowest BCUT2D eigenvalue weighted by Crippen LogP contribution is -2.02. The maximum atomic E-state index is 5.36. The molecule has 0 heterocycles. The van der Waals surface area contributed by atoms with E-state index in [1.807, 2.05) is 42.5 Å². The molecule has 2 aromatic carbocycles. The fourth-order valence-electron chi connectivity index (χ4n) is 1.82. The van der Waals surface area contributed by atoms with Gasteiger partial charge in [-0.05, 0) is 46.3 Å². The van der Waals surface area contributed by atoms with E-state index < -0.39 is 0 Å². The van der Waals surface area contributed by atoms with Crippen LogP contribution in [0.25, 0.3) is 0 Å². The minimum Gasteiger partial charge on any atom is -0.497 e. The third kappa shape index (κ3) is 3.41. The zero-order valence-corrected chi connectivity index (χ0v) is 12.5. The van der Waals surface area contributed by atoms with E-state index in [1.165, 1.54) is 0 Å². The number of ether oxygens (including phenoxy) is 2. The number of hydrogen-bond acceptors (Lipinski definition) is 3. The van der Waals surface area contributed by atoms with E-state index in [1.54, 1.807) is 14.2 Å². The summed E-state index contributed by atoms with van der Waals surface area (Å²) >= 11 is 3.52. The summed E-state index contributed by atoms with van der Waals surface area (Å²) in [5, 5.41) is 3.37. The normalized spacial score (nSPS) is 10.1. The lowest BCUT2D eigenvalue weighted by Gasteiger charge is -2.13. The summed E-state index contributed by atoms with van der Waals surface area (Å²) in [7, 11) is 3.33. The highest BCUT2D eigenvalue weighted by Gasteiger charge is 2.05. The Labute approximate surface area is 121 Å². The number of rotatable bonds is 5. The van der Waals surface area contributed by atoms with Crippen LogP contribution in [0.15, 0.2) is 46.9 Å². The second-order valence-electron chi connectivity index (χ2n) is 4.01. The quantitative estimate of drug-likeness (QED) is 0.900. The molecule has 0 fully saturated rings. The molecule has 0 spiro atoms. The fraction of sp³-hybridized carbons (Fsp3) is 0.200. The lowest BCUT2D eigenvalue weighted by atomic mass is 10.2. The van der Waals surface area contributed by atoms with Gasteiger partial charge >= 0.3 is 0 Å². The minimum absolute atomic E-state index is 0.670. The largest absolute Gasteiger partial charge is 0.497 e. The first-order valence-corrected chi connectivity index (χ1v) is 6.73. The van der Waals surface area contributed by atoms with Crippen molar-refractivity contribution in [3.63, 3.8) is 0 Å². The molecule has 3 nitrogen and oxygen atoms in total. The summed E-state index contributed by atoms with van der Waals surface area (Å²) < 4.78 is 11.6. The summed E-state index contributed by atoms with van der Waals surface area (Å²) in [4.78, 5) is 0. The maximum absolute atomic E-state index is 5.36. The van der Waals surface area contributed by atoms with Crippen molar-refractivity contribution in [3.05, 3.63) is 52.5 Å². The van der Waals surface area contributed by atoms with Gasteiger partial charge in [-0.1, -0.05) is 12.1 Å². The standard InChI is InChI=1S/C15H16BrNO2/c1-18-12-7-8-15(19-2)11(9-12)10-17-14-6-4-3-5-13(14)16/h3-9,17H,10H2,1-2H3. The van der Waals surface area contributed by atoms with Gasteiger partial charge in [-0.25, -0.2) is 0 Å². The van der Waals surface area contributed by atoms with Crippen LogP contribution in [0.5, 0.6) is 11.5 Å². The monoisotopic (exact) mass is 321 g/mol. The Hall–Kier alpha value is -1.68. The van der Waals surface area contributed by atoms with Crippen molar-refractivity contribution in [3.8, 4) is 11.5 Å². The van der Waals surface area contributed by atoms with Crippen molar-refractivity contribution in [2.24, 2.45) is 0 Å². The molecule has 2 aromatic rings. The summed E-state index contributed by atoms with van der Waals surface area (Å²) in [6.45, 7) is 0.670. The molecule has 0 aliphatic heterocycles. The summed E-state index contributed by atoms with van der Waals surface area (Å²) in [6, 6.07) is 13.8. The minimum atomic E-state index is 0.670. The number of nitrogens with one attached hydrogen (secondary N) is 1. The van der Waals surface area contributed by atoms with Gasteiger partial charge in [0.1, 0.15) is 11.5 Å². The Kier molecular flexibility index (Phi) is 4.68. The number of anilines is 1. The fourth-order valence-corrected chi connectivity index (χ4v) is 2.24. The van der Waals surface area contributed by atoms with Gasteiger partial charge < -0.3 is 14.8 Å². The maximum Gasteiger partial charge on any atom is 0.124 e. The molecular formula is C15H16BrNO2. The number of para-hydroxylation sites is 1. The van der Waals surface area contributed by atoms with E-state index in [2.05, 4.69) is 21.2 Å². The molecule has 2 rings (SSSR count). The van der Waals surface area contributed by atoms with Crippen LogP contribution in [0.1, 0.15) is 5.56 Å². The number of halogens is 1. The van der Waals surface area contributed by atoms with E-state index in [0.717, 1.165) is 27.2 Å². The van der Waals surface area contributed by atoms with Crippen LogP contribution in [-0.4, -0.2) is 14.2 Å². The number of methoxy groups -OCH3 is 2. The second kappa shape index (κ2) is 6.48. The van der Waals surface area contributed by atoms with Crippen LogP contribution in [0, 0.1) is 0 Å². The molecule has 0 saturated carbocycles. The average molecular weight is 322 g/mol. The molecule has 0 radical (unpaired) electrons. The van der Waals surface area contributed by atoms with E-state index in [4.69, 9.17) is 9.47 Å². The predicted octanol–water partition coefficient (Wildman–Crippen LogP) is 4.08. The Morgan fingerprint density at radius 1 is 1.05 bits per heavy atom. The Morgan fingerprint density at radius 2 is 1.84 bits per heavy atom. The van der Waals surface area contributed by atoms with Gasteiger partial charge in [0.15, 0.2) is 0 Å². The zero-order chi connectivity index (χ0) is 13.7. The smallest absolute Gasteiger partial charge is 0.124 e. The first-order valence-electron chi connectivity index (χ1n) is 5.94. The van der Waals surface area contributed by atoms with E-state index >= 15 is 0 Å². The molecule has 100 valence electrons. The van der Waals surface area contributed by atoms with Gasteiger partial charge in [0, 0.05) is 22.3 Å². The van der Waals surface area contributed by atoms with Crippen LogP contribution < -0.4 is 14.8 Å². The van der Waals surface area contributed by atoms with Crippen molar-refractivity contribution in [2.45, 2.75) is 6.54 Å². The Balaban J connectivity index is 2.16. The van der Waals surface area contributed by atoms with Crippen LogP contribution >= 0.6 is 15.9 Å². The Morgan fingerprint density at radius 3 is 2.53 bits per heavy atom. The molecule has 19 heavy (non-hydrogen) atoms. The molecule has 0 aromatic heterocycles. The van der Waals surface area contributed by atoms with Gasteiger partial charge in [-0.2, -0.15) is 0 Å². The zero-order valence-electron chi connectivity index (χ0n) is 10.9. The van der Waals surface area contributed by atoms with E-state index in [0.29, 0.717) is 6.54 Å². The van der Waals surface area contributed by atoms with Crippen LogP contribution in [-0.2, 0) is 6.54 Å². The second-order valence-corrected chi connectivity index (χ2v) is 4.87. The molecule has 4 heteroatoms. The van der Waals surface area contributed by atoms with E-state index in [9.17, 15) is 0 Å². The van der Waals surface area contributed by atoms with Gasteiger partial charge in [0.05, 0.1) is 14.2 Å². The molecule has 0 saturated heterocycles. The third-order valence-electron chi connectivity index (χ3n) is 2.83. The predicted molar refractivity (Wildman–Crippen MR) is 81.0 cm³/mol. The van der Waals surface area contributed by atoms with E-state index in [-0.39, 0.29) is 0 Å². The topological polar surface area (TPSA) is 30.5 Å². The summed E-state index contributed by atoms with van der Waals surface area (Å²) in [5.41, 5.74) is 2.10. The molecule has 0 bridgehead atoms. The van der Waals surface area contributed by atoms with Crippen LogP contribution in [0.4, 0.5) is 5.69 Å². The van der Waals surface area contributed by atoms with Crippen molar-refractivity contribution in [1.82, 2.24) is 0 Å². The molecular weight excluding hydrogens is 306 g/mol. The lowest BCUT2D eigenvalue weighted by molar-refractivity contribution is 0.399. The molecule has 0 unspecified atom stereocenters. The van der Waals surface area contributed by atoms with Crippen molar-refractivity contribution >= 4 is 21.6 Å². The highest BCUT2D eigenvalue weighted by atomic mass is 79.9. The van der Waals surface area contributed by atoms with Crippen molar-refractivity contribution in [2.75, 3.05) is 19.5 Å². The van der Waals surface area contributed by atoms with Crippen molar-refractivity contribution < 1.29 is 9.47 Å². The summed E-state index contributed by atoms with van der Waals surface area (Å²) in [6.07, 6.45) is 0. The molecule has 0 aliphatic carbocycles. The average Bonchev–Trinajstić information content (AvgIpc) is 2.46. The van der Waals surface area contributed by atoms with Crippen LogP contribution in [0.2, 0.25) is 0 Å². The Bertz CT molecular complexity index is 558. The van der Waals surface area contributed by atoms with Crippen molar-refractivity contribution in [1.29, 1.82) is 0 Å². The SMILES string of the molecule is COc1ccc(OC)c(CNc2ccccc2Br)c1. The van der Waals surface area contributed by atoms with Gasteiger partial charge in [-0.3, -0.25) is 0 Å². The van der Waals surface area contributed by atoms with Gasteiger partial charge in [0.2, 0.25) is 0 Å². The third-order valence-corrected chi connectivity index (χ3v) is 3.52. The highest BCUT2D eigenvalue weighted by molar-refractivity contribution is 9.10. The number of hydrogen-bond donors (Lipinski definition) is 1. The summed E-state index contributed by atoms with van der Waals surface area (Å²) in [5.74, 6) is 1.67. The van der Waals surface area contributed by atoms with Gasteiger partial charge in [-0.15, -0.1) is 0 Å². The highest BCUT2D eigenvalue weighted by Crippen LogP contribution is 2.26.